The molecule has 0 aliphatic heterocycles. The Morgan fingerprint density at radius 2 is 1.75 bits per heavy atom. The van der Waals surface area contributed by atoms with Gasteiger partial charge in [-0.2, -0.15) is 0 Å². The van der Waals surface area contributed by atoms with Gasteiger partial charge in [0.25, 0.3) is 0 Å². The molecule has 6 heteroatoms. The summed E-state index contributed by atoms with van der Waals surface area (Å²) in [5.41, 5.74) is 1.72. The third-order valence-electron chi connectivity index (χ3n) is 3.74. The number of rotatable bonds is 9. The fourth-order valence-corrected chi connectivity index (χ4v) is 3.39. The van der Waals surface area contributed by atoms with Crippen molar-refractivity contribution in [2.45, 2.75) is 18.9 Å². The zero-order chi connectivity index (χ0) is 17.4. The van der Waals surface area contributed by atoms with Crippen LogP contribution in [0.2, 0.25) is 0 Å². The monoisotopic (exact) mass is 349 g/mol. The molecule has 0 saturated heterocycles. The first-order valence-corrected chi connectivity index (χ1v) is 9.49. The molecule has 0 heterocycles. The molecular formula is C18H23NO4S. The van der Waals surface area contributed by atoms with E-state index in [9.17, 15) is 13.5 Å². The van der Waals surface area contributed by atoms with Gasteiger partial charge in [0.1, 0.15) is 5.75 Å². The van der Waals surface area contributed by atoms with Crippen LogP contribution in [0.4, 0.5) is 0 Å². The molecule has 0 aromatic heterocycles. The number of hydrogen-bond acceptors (Lipinski definition) is 4. The third-order valence-corrected chi connectivity index (χ3v) is 5.13. The molecule has 0 radical (unpaired) electrons. The van der Waals surface area contributed by atoms with E-state index in [2.05, 4.69) is 4.72 Å². The van der Waals surface area contributed by atoms with E-state index in [0.717, 1.165) is 16.9 Å². The van der Waals surface area contributed by atoms with Crippen molar-refractivity contribution < 1.29 is 18.3 Å². The van der Waals surface area contributed by atoms with Crippen molar-refractivity contribution in [2.75, 3.05) is 19.4 Å². The van der Waals surface area contributed by atoms with E-state index >= 15 is 0 Å². The lowest BCUT2D eigenvalue weighted by Crippen LogP contribution is -2.29. The highest BCUT2D eigenvalue weighted by Gasteiger charge is 2.12. The van der Waals surface area contributed by atoms with E-state index < -0.39 is 16.1 Å². The summed E-state index contributed by atoms with van der Waals surface area (Å²) in [4.78, 5) is 0. The van der Waals surface area contributed by atoms with Crippen molar-refractivity contribution in [3.63, 3.8) is 0 Å². The minimum Gasteiger partial charge on any atom is -0.497 e. The Labute approximate surface area is 143 Å². The Balaban J connectivity index is 1.76. The summed E-state index contributed by atoms with van der Waals surface area (Å²) < 4.78 is 31.7. The van der Waals surface area contributed by atoms with Gasteiger partial charge in [-0.25, -0.2) is 13.1 Å². The van der Waals surface area contributed by atoms with Gasteiger partial charge in [0.2, 0.25) is 10.0 Å². The molecule has 5 nitrogen and oxygen atoms in total. The first-order chi connectivity index (χ1) is 11.5. The molecule has 1 unspecified atom stereocenters. The summed E-state index contributed by atoms with van der Waals surface area (Å²) in [6, 6.07) is 16.5. The smallest absolute Gasteiger partial charge is 0.211 e. The summed E-state index contributed by atoms with van der Waals surface area (Å²) in [6.07, 6.45) is 0.0993. The van der Waals surface area contributed by atoms with Crippen LogP contribution >= 0.6 is 0 Å². The second kappa shape index (κ2) is 8.82. The molecule has 0 bridgehead atoms. The molecule has 0 saturated carbocycles. The molecule has 0 fully saturated rings. The van der Waals surface area contributed by atoms with Crippen molar-refractivity contribution in [2.24, 2.45) is 0 Å². The van der Waals surface area contributed by atoms with E-state index in [1.807, 2.05) is 54.6 Å². The number of sulfonamides is 1. The maximum atomic E-state index is 12.0. The number of nitrogens with one attached hydrogen (secondary N) is 1. The molecule has 0 aliphatic carbocycles. The quantitative estimate of drug-likeness (QED) is 0.728. The van der Waals surface area contributed by atoms with Gasteiger partial charge in [-0.1, -0.05) is 42.5 Å². The van der Waals surface area contributed by atoms with Gasteiger partial charge in [0.15, 0.2) is 0 Å². The largest absolute Gasteiger partial charge is 0.497 e. The first-order valence-electron chi connectivity index (χ1n) is 7.83. The lowest BCUT2D eigenvalue weighted by Gasteiger charge is -2.12. The maximum Gasteiger partial charge on any atom is 0.211 e. The molecule has 0 amide bonds. The van der Waals surface area contributed by atoms with E-state index in [4.69, 9.17) is 4.74 Å². The first kappa shape index (κ1) is 18.4. The molecule has 2 aromatic carbocycles. The average molecular weight is 349 g/mol. The number of aliphatic hydroxyl groups excluding tert-OH is 1. The molecule has 1 atom stereocenters. The Bertz CT molecular complexity index is 714. The predicted molar refractivity (Wildman–Crippen MR) is 94.5 cm³/mol. The highest BCUT2D eigenvalue weighted by Crippen LogP contribution is 2.15. The lowest BCUT2D eigenvalue weighted by atomic mass is 10.1. The SMILES string of the molecule is COc1ccc(CCS(=O)(=O)NCCC(O)c2ccccc2)cc1. The van der Waals surface area contributed by atoms with Crippen LogP contribution in [-0.2, 0) is 16.4 Å². The number of benzene rings is 2. The Hall–Kier alpha value is -1.89. The van der Waals surface area contributed by atoms with E-state index in [1.165, 1.54) is 0 Å². The van der Waals surface area contributed by atoms with E-state index in [1.54, 1.807) is 7.11 Å². The van der Waals surface area contributed by atoms with Crippen molar-refractivity contribution >= 4 is 10.0 Å². The molecular weight excluding hydrogens is 326 g/mol. The van der Waals surface area contributed by atoms with Crippen LogP contribution in [0, 0.1) is 0 Å². The second-order valence-electron chi connectivity index (χ2n) is 5.53. The molecule has 2 rings (SSSR count). The molecule has 2 aromatic rings. The number of aryl methyl sites for hydroxylation is 1. The van der Waals surface area contributed by atoms with Gasteiger partial charge < -0.3 is 9.84 Å². The Kier molecular flexibility index (Phi) is 6.78. The fraction of sp³-hybridized carbons (Fsp3) is 0.333. The minimum absolute atomic E-state index is 0.0146. The standard InChI is InChI=1S/C18H23NO4S/c1-23-17-9-7-15(8-10-17)12-14-24(21,22)19-13-11-18(20)16-5-3-2-4-6-16/h2-10,18-20H,11-14H2,1H3. The minimum atomic E-state index is -3.37. The van der Waals surface area contributed by atoms with E-state index in [-0.39, 0.29) is 12.3 Å². The third kappa shape index (κ3) is 5.96. The fourth-order valence-electron chi connectivity index (χ4n) is 2.31. The highest BCUT2D eigenvalue weighted by molar-refractivity contribution is 7.89. The second-order valence-corrected chi connectivity index (χ2v) is 7.45. The van der Waals surface area contributed by atoms with Gasteiger partial charge in [0.05, 0.1) is 19.0 Å². The van der Waals surface area contributed by atoms with Crippen LogP contribution in [0.15, 0.2) is 54.6 Å². The number of hydrogen-bond donors (Lipinski definition) is 2. The van der Waals surface area contributed by atoms with Gasteiger partial charge in [-0.3, -0.25) is 0 Å². The van der Waals surface area contributed by atoms with Crippen LogP contribution in [0.5, 0.6) is 5.75 Å². The van der Waals surface area contributed by atoms with Crippen molar-refractivity contribution in [1.82, 2.24) is 4.72 Å². The molecule has 0 spiro atoms. The average Bonchev–Trinajstić information content (AvgIpc) is 2.61. The predicted octanol–water partition coefficient (Wildman–Crippen LogP) is 2.28. The van der Waals surface area contributed by atoms with Crippen molar-refractivity contribution in [3.8, 4) is 5.75 Å². The van der Waals surface area contributed by atoms with E-state index in [0.29, 0.717) is 12.8 Å². The number of methoxy groups -OCH3 is 1. The number of ether oxygens (including phenoxy) is 1. The topological polar surface area (TPSA) is 75.6 Å². The van der Waals surface area contributed by atoms with Crippen LogP contribution in [0.25, 0.3) is 0 Å². The molecule has 24 heavy (non-hydrogen) atoms. The highest BCUT2D eigenvalue weighted by atomic mass is 32.2. The summed E-state index contributed by atoms with van der Waals surface area (Å²) in [5, 5.41) is 10.0. The summed E-state index contributed by atoms with van der Waals surface area (Å²) in [7, 11) is -1.78. The van der Waals surface area contributed by atoms with Crippen LogP contribution in [-0.4, -0.2) is 32.9 Å². The van der Waals surface area contributed by atoms with Gasteiger partial charge in [0, 0.05) is 6.54 Å². The lowest BCUT2D eigenvalue weighted by molar-refractivity contribution is 0.169. The normalized spacial score (nSPS) is 12.8. The zero-order valence-electron chi connectivity index (χ0n) is 13.7. The summed E-state index contributed by atoms with van der Waals surface area (Å²) in [5.74, 6) is 0.760. The van der Waals surface area contributed by atoms with Crippen molar-refractivity contribution in [3.05, 3.63) is 65.7 Å². The van der Waals surface area contributed by atoms with Crippen LogP contribution < -0.4 is 9.46 Å². The summed E-state index contributed by atoms with van der Waals surface area (Å²) in [6.45, 7) is 0.209. The van der Waals surface area contributed by atoms with Crippen molar-refractivity contribution in [1.29, 1.82) is 0 Å². The Morgan fingerprint density at radius 3 is 2.38 bits per heavy atom. The van der Waals surface area contributed by atoms with Gasteiger partial charge in [-0.05, 0) is 36.1 Å². The summed E-state index contributed by atoms with van der Waals surface area (Å²) >= 11 is 0. The van der Waals surface area contributed by atoms with Gasteiger partial charge in [-0.15, -0.1) is 0 Å². The molecule has 130 valence electrons. The van der Waals surface area contributed by atoms with Gasteiger partial charge >= 0.3 is 0 Å². The zero-order valence-corrected chi connectivity index (χ0v) is 14.5. The molecule has 2 N–H and O–H groups in total. The number of aliphatic hydroxyl groups is 1. The van der Waals surface area contributed by atoms with Crippen LogP contribution in [0.1, 0.15) is 23.7 Å². The Morgan fingerprint density at radius 1 is 1.08 bits per heavy atom. The maximum absolute atomic E-state index is 12.0. The molecule has 0 aliphatic rings. The van der Waals surface area contributed by atoms with Crippen LogP contribution in [0.3, 0.4) is 0 Å².